The molecule has 0 aromatic rings. The maximum Gasteiger partial charge on any atom is 2.00 e. The molecule has 40 valence electrons. The van der Waals surface area contributed by atoms with E-state index < -0.39 is 0 Å². The second-order valence-electron chi connectivity index (χ2n) is 0.707. The summed E-state index contributed by atoms with van der Waals surface area (Å²) in [6.45, 7) is 4.58. The van der Waals surface area contributed by atoms with Gasteiger partial charge in [0.05, 0.1) is 0 Å². The topological polar surface area (TPSA) is 47.6 Å². The van der Waals surface area contributed by atoms with E-state index in [-0.39, 0.29) is 48.9 Å². The maximum absolute atomic E-state index is 6.21. The minimum atomic E-state index is 0. The van der Waals surface area contributed by atoms with E-state index >= 15 is 0 Å². The molecule has 2 N–H and O–H groups in total. The summed E-state index contributed by atoms with van der Waals surface area (Å²) in [4.78, 5) is 0. The average molecular weight is 225 g/mol. The van der Waals surface area contributed by atoms with Crippen molar-refractivity contribution in [2.24, 2.45) is 0 Å². The molecule has 0 aromatic heterocycles. The second kappa shape index (κ2) is 25.9. The number of rotatable bonds is 0. The molecule has 2 nitrogen and oxygen atoms in total. The largest absolute Gasteiger partial charge is 2.00 e. The van der Waals surface area contributed by atoms with Gasteiger partial charge in [-0.25, -0.2) is 0 Å². The van der Waals surface area contributed by atoms with Crippen LogP contribution in [0.15, 0.2) is 0 Å². The van der Waals surface area contributed by atoms with Crippen molar-refractivity contribution in [1.82, 2.24) is 0 Å². The fourth-order valence-corrected chi connectivity index (χ4v) is 0. The Morgan fingerprint density at radius 3 is 1.00 bits per heavy atom. The van der Waals surface area contributed by atoms with Crippen LogP contribution in [0.3, 0.4) is 0 Å². The van der Waals surface area contributed by atoms with Crippen LogP contribution in [0.1, 0.15) is 13.8 Å². The summed E-state index contributed by atoms with van der Waals surface area (Å²) in [7, 11) is 0. The first-order chi connectivity index (χ1) is 2.83. The average Bonchev–Trinajstić information content (AvgIpc) is 1.39. The van der Waals surface area contributed by atoms with Gasteiger partial charge in [0.25, 0.3) is 0 Å². The van der Waals surface area contributed by atoms with E-state index in [0.717, 1.165) is 0 Å². The van der Waals surface area contributed by atoms with E-state index in [4.69, 9.17) is 11.5 Å². The monoisotopic (exact) mass is 226 g/mol. The summed E-state index contributed by atoms with van der Waals surface area (Å²) >= 11 is 0. The quantitative estimate of drug-likeness (QED) is 0.564. The van der Waals surface area contributed by atoms with Crippen LogP contribution in [0.5, 0.6) is 0 Å². The third-order valence-electron chi connectivity index (χ3n) is 0. The molecule has 0 rings (SSSR count). The third kappa shape index (κ3) is 102. The number of hydrogen-bond acceptors (Lipinski definition) is 0. The van der Waals surface area contributed by atoms with Crippen LogP contribution >= 0.6 is 0 Å². The van der Waals surface area contributed by atoms with E-state index in [1.807, 2.05) is 0 Å². The van der Waals surface area contributed by atoms with Crippen molar-refractivity contribution in [2.75, 3.05) is 13.1 Å². The fraction of sp³-hybridized carbons (Fsp3) is 1.00. The van der Waals surface area contributed by atoms with Gasteiger partial charge < -0.3 is 11.5 Å². The molecule has 0 aliphatic rings. The van der Waals surface area contributed by atoms with Crippen LogP contribution in [0.2, 0.25) is 0 Å². The van der Waals surface area contributed by atoms with E-state index in [2.05, 4.69) is 0 Å². The molecule has 0 unspecified atom stereocenters. The number of nitrogens with one attached hydrogen (secondary N) is 2. The zero-order valence-electron chi connectivity index (χ0n) is 5.12. The van der Waals surface area contributed by atoms with E-state index in [0.29, 0.717) is 13.1 Å². The van der Waals surface area contributed by atoms with Gasteiger partial charge in [-0.15, -0.1) is 0 Å². The predicted molar refractivity (Wildman–Crippen MR) is 35.5 cm³/mol. The maximum atomic E-state index is 6.21. The van der Waals surface area contributed by atoms with Crippen LogP contribution in [0.25, 0.3) is 11.5 Å². The van der Waals surface area contributed by atoms with Gasteiger partial charge in [0.2, 0.25) is 0 Å². The Labute approximate surface area is 86.1 Å². The zero-order chi connectivity index (χ0) is 5.41. The first kappa shape index (κ1) is 15.8. The Morgan fingerprint density at radius 1 is 1.00 bits per heavy atom. The van der Waals surface area contributed by atoms with E-state index in [1.165, 1.54) is 0 Å². The zero-order valence-corrected chi connectivity index (χ0v) is 9.56. The molecule has 0 fully saturated rings. The van der Waals surface area contributed by atoms with Gasteiger partial charge in [-0.05, 0) is 0 Å². The minimum Gasteiger partial charge on any atom is -0.678 e. The molecule has 3 heteroatoms. The summed E-state index contributed by atoms with van der Waals surface area (Å²) in [6, 6.07) is 0. The predicted octanol–water partition coefficient (Wildman–Crippen LogP) is 1.74. The third-order valence-corrected chi connectivity index (χ3v) is 0. The van der Waals surface area contributed by atoms with Crippen LogP contribution in [-0.4, -0.2) is 62.0 Å². The summed E-state index contributed by atoms with van der Waals surface area (Å²) < 4.78 is 0. The molecule has 7 heavy (non-hydrogen) atoms. The van der Waals surface area contributed by atoms with Gasteiger partial charge in [-0.2, -0.15) is 13.1 Å². The van der Waals surface area contributed by atoms with Crippen molar-refractivity contribution in [3.05, 3.63) is 11.5 Å². The van der Waals surface area contributed by atoms with Gasteiger partial charge in [0.15, 0.2) is 0 Å². The standard InChI is InChI=1S/2C2H6N.Ba/c2*1-2-3;/h2*3H,2H2,1H3;/q2*-1;+2. The first-order valence-corrected chi connectivity index (χ1v) is 2.12. The Kier molecular flexibility index (Phi) is 58.5. The SMILES string of the molecule is CC[NH-].CC[NH-].[Ba+2]. The molecule has 0 aromatic carbocycles. The molecule has 0 atom stereocenters. The Bertz CT molecular complexity index is 11.7. The summed E-state index contributed by atoms with van der Waals surface area (Å²) in [5.74, 6) is 0. The number of hydrogen-bond donors (Lipinski definition) is 0. The second-order valence-corrected chi connectivity index (χ2v) is 0.707. The van der Waals surface area contributed by atoms with Crippen molar-refractivity contribution < 1.29 is 0 Å². The Morgan fingerprint density at radius 2 is 1.00 bits per heavy atom. The first-order valence-electron chi connectivity index (χ1n) is 2.12. The van der Waals surface area contributed by atoms with E-state index in [1.54, 1.807) is 13.8 Å². The summed E-state index contributed by atoms with van der Waals surface area (Å²) in [5.41, 5.74) is 12.4. The van der Waals surface area contributed by atoms with Crippen molar-refractivity contribution in [3.8, 4) is 0 Å². The molecule has 0 aliphatic carbocycles. The minimum absolute atomic E-state index is 0. The van der Waals surface area contributed by atoms with Crippen molar-refractivity contribution in [2.45, 2.75) is 13.8 Å². The molecule has 0 bridgehead atoms. The smallest absolute Gasteiger partial charge is 0.678 e. The molecular weight excluding hydrogens is 213 g/mol. The van der Waals surface area contributed by atoms with Gasteiger partial charge in [0.1, 0.15) is 0 Å². The molecule has 0 radical (unpaired) electrons. The van der Waals surface area contributed by atoms with Crippen molar-refractivity contribution >= 4 is 48.9 Å². The van der Waals surface area contributed by atoms with Gasteiger partial charge in [0, 0.05) is 0 Å². The Balaban J connectivity index is -0.0000000400. The molecule has 0 heterocycles. The van der Waals surface area contributed by atoms with Crippen LogP contribution < -0.4 is 0 Å². The van der Waals surface area contributed by atoms with Gasteiger partial charge in [-0.3, -0.25) is 0 Å². The normalized spacial score (nSPS) is 5.14. The molecule has 0 amide bonds. The molecular formula is C4H12BaN2. The van der Waals surface area contributed by atoms with Gasteiger partial charge in [-0.1, -0.05) is 13.8 Å². The summed E-state index contributed by atoms with van der Waals surface area (Å²) in [6.07, 6.45) is 0. The Hall–Kier alpha value is 1.49. The molecule has 0 saturated heterocycles. The molecule has 0 saturated carbocycles. The van der Waals surface area contributed by atoms with Crippen molar-refractivity contribution in [3.63, 3.8) is 0 Å². The molecule has 0 spiro atoms. The van der Waals surface area contributed by atoms with Crippen molar-refractivity contribution in [1.29, 1.82) is 0 Å². The van der Waals surface area contributed by atoms with Crippen LogP contribution in [0.4, 0.5) is 0 Å². The fourth-order valence-electron chi connectivity index (χ4n) is 0. The van der Waals surface area contributed by atoms with E-state index in [9.17, 15) is 0 Å². The van der Waals surface area contributed by atoms with Crippen LogP contribution in [-0.2, 0) is 0 Å². The molecule has 0 aliphatic heterocycles. The summed E-state index contributed by atoms with van der Waals surface area (Å²) in [5, 5.41) is 0. The van der Waals surface area contributed by atoms with Gasteiger partial charge >= 0.3 is 48.9 Å². The van der Waals surface area contributed by atoms with Crippen LogP contribution in [0, 0.1) is 0 Å².